The van der Waals surface area contributed by atoms with E-state index in [1.54, 1.807) is 0 Å². The zero-order chi connectivity index (χ0) is 20.6. The number of nitrogens with zero attached hydrogens (tertiary/aromatic N) is 1. The van der Waals surface area contributed by atoms with Crippen LogP contribution in [0.15, 0.2) is 29.3 Å². The maximum Gasteiger partial charge on any atom is 0.407 e. The fourth-order valence-corrected chi connectivity index (χ4v) is 3.63. The summed E-state index contributed by atoms with van der Waals surface area (Å²) in [5.74, 6) is 1.28. The van der Waals surface area contributed by atoms with E-state index in [4.69, 9.17) is 9.73 Å². The van der Waals surface area contributed by atoms with Gasteiger partial charge in [-0.3, -0.25) is 4.99 Å². The van der Waals surface area contributed by atoms with Gasteiger partial charge >= 0.3 is 6.09 Å². The average molecular weight is 400 g/mol. The third-order valence-corrected chi connectivity index (χ3v) is 5.25. The van der Waals surface area contributed by atoms with Crippen LogP contribution in [-0.4, -0.2) is 49.3 Å². The lowest BCUT2D eigenvalue weighted by Gasteiger charge is -2.17. The topological polar surface area (TPSA) is 90.5 Å². The van der Waals surface area contributed by atoms with Crippen LogP contribution in [0.1, 0.15) is 37.9 Å². The lowest BCUT2D eigenvalue weighted by molar-refractivity contribution is 0.147. The molecule has 1 aliphatic carbocycles. The molecule has 2 aromatic rings. The van der Waals surface area contributed by atoms with E-state index in [1.165, 1.54) is 22.2 Å². The van der Waals surface area contributed by atoms with Crippen molar-refractivity contribution in [3.05, 3.63) is 35.5 Å². The lowest BCUT2D eigenvalue weighted by atomic mass is 10.1. The van der Waals surface area contributed by atoms with Crippen LogP contribution in [0.3, 0.4) is 0 Å². The number of H-pyrrole nitrogens is 1. The van der Waals surface area contributed by atoms with Crippen molar-refractivity contribution in [3.8, 4) is 0 Å². The van der Waals surface area contributed by atoms with E-state index in [1.807, 2.05) is 6.92 Å². The normalized spacial score (nSPS) is 15.2. The summed E-state index contributed by atoms with van der Waals surface area (Å²) in [5, 5.41) is 11.0. The number of hydrogen-bond donors (Lipinski definition) is 4. The van der Waals surface area contributed by atoms with Crippen LogP contribution in [0.2, 0.25) is 0 Å². The molecule has 0 aliphatic heterocycles. The van der Waals surface area contributed by atoms with Gasteiger partial charge < -0.3 is 25.7 Å². The van der Waals surface area contributed by atoms with Gasteiger partial charge in [0.1, 0.15) is 0 Å². The molecule has 1 aromatic carbocycles. The number of alkyl carbamates (subject to hydrolysis) is 1. The first kappa shape index (κ1) is 21.0. The van der Waals surface area contributed by atoms with Crippen molar-refractivity contribution in [2.45, 2.75) is 46.1 Å². The molecule has 7 nitrogen and oxygen atoms in total. The second-order valence-corrected chi connectivity index (χ2v) is 7.48. The summed E-state index contributed by atoms with van der Waals surface area (Å²) in [5.41, 5.74) is 3.73. The predicted molar refractivity (Wildman–Crippen MR) is 117 cm³/mol. The van der Waals surface area contributed by atoms with Crippen molar-refractivity contribution in [2.24, 2.45) is 10.9 Å². The Bertz CT molecular complexity index is 841. The molecule has 0 spiro atoms. The van der Waals surface area contributed by atoms with Gasteiger partial charge in [0.05, 0.1) is 19.2 Å². The number of aryl methyl sites for hydroxylation is 1. The molecule has 4 N–H and O–H groups in total. The highest BCUT2D eigenvalue weighted by molar-refractivity contribution is 5.84. The molecule has 158 valence electrons. The number of aliphatic imine (C=N–C) groups is 1. The molecule has 1 fully saturated rings. The van der Waals surface area contributed by atoms with Crippen LogP contribution in [0.25, 0.3) is 10.9 Å². The minimum atomic E-state index is -0.354. The van der Waals surface area contributed by atoms with Gasteiger partial charge in [0, 0.05) is 29.7 Å². The molecule has 7 heteroatoms. The monoisotopic (exact) mass is 399 g/mol. The number of fused-ring (bicyclic) bond motifs is 1. The molecular formula is C22H33N5O2. The highest BCUT2D eigenvalue weighted by Crippen LogP contribution is 2.32. The zero-order valence-corrected chi connectivity index (χ0v) is 17.7. The van der Waals surface area contributed by atoms with Gasteiger partial charge in [0.2, 0.25) is 0 Å². The molecular weight excluding hydrogens is 366 g/mol. The molecule has 1 amide bonds. The summed E-state index contributed by atoms with van der Waals surface area (Å²) in [6, 6.07) is 8.43. The lowest BCUT2D eigenvalue weighted by Crippen LogP contribution is -2.42. The van der Waals surface area contributed by atoms with Gasteiger partial charge in [-0.2, -0.15) is 0 Å². The first-order chi connectivity index (χ1) is 14.1. The van der Waals surface area contributed by atoms with Crippen molar-refractivity contribution in [1.29, 1.82) is 0 Å². The molecule has 1 aromatic heterocycles. The van der Waals surface area contributed by atoms with Crippen LogP contribution in [0.5, 0.6) is 0 Å². The van der Waals surface area contributed by atoms with Gasteiger partial charge in [-0.15, -0.1) is 0 Å². The van der Waals surface area contributed by atoms with E-state index in [0.717, 1.165) is 38.3 Å². The van der Waals surface area contributed by atoms with Gasteiger partial charge in [0.25, 0.3) is 0 Å². The number of ether oxygens (including phenoxy) is 1. The van der Waals surface area contributed by atoms with Crippen molar-refractivity contribution in [3.63, 3.8) is 0 Å². The number of carbonyl (C=O) groups excluding carboxylic acids is 1. The van der Waals surface area contributed by atoms with E-state index >= 15 is 0 Å². The van der Waals surface area contributed by atoms with Crippen molar-refractivity contribution >= 4 is 23.0 Å². The van der Waals surface area contributed by atoms with E-state index in [-0.39, 0.29) is 12.1 Å². The number of para-hydroxylation sites is 1. The van der Waals surface area contributed by atoms with Crippen LogP contribution < -0.4 is 16.0 Å². The minimum absolute atomic E-state index is 0.0281. The van der Waals surface area contributed by atoms with Crippen LogP contribution >= 0.6 is 0 Å². The van der Waals surface area contributed by atoms with Gasteiger partial charge in [-0.05, 0) is 57.6 Å². The zero-order valence-electron chi connectivity index (χ0n) is 17.7. The van der Waals surface area contributed by atoms with Gasteiger partial charge in [0.15, 0.2) is 5.96 Å². The first-order valence-electron chi connectivity index (χ1n) is 10.6. The fourth-order valence-electron chi connectivity index (χ4n) is 3.63. The number of benzene rings is 1. The number of aromatic nitrogens is 1. The Labute approximate surface area is 172 Å². The van der Waals surface area contributed by atoms with Crippen molar-refractivity contribution in [2.75, 3.05) is 26.2 Å². The molecule has 1 atom stereocenters. The quantitative estimate of drug-likeness (QED) is 0.385. The third-order valence-electron chi connectivity index (χ3n) is 5.25. The van der Waals surface area contributed by atoms with Crippen LogP contribution in [0.4, 0.5) is 4.79 Å². The van der Waals surface area contributed by atoms with Gasteiger partial charge in [-0.25, -0.2) is 4.79 Å². The summed E-state index contributed by atoms with van der Waals surface area (Å²) < 4.78 is 5.02. The van der Waals surface area contributed by atoms with E-state index in [9.17, 15) is 4.79 Å². The predicted octanol–water partition coefficient (Wildman–Crippen LogP) is 3.10. The number of guanidine groups is 1. The first-order valence-corrected chi connectivity index (χ1v) is 10.6. The molecule has 0 radical (unpaired) electrons. The second kappa shape index (κ2) is 10.2. The summed E-state index contributed by atoms with van der Waals surface area (Å²) in [4.78, 5) is 19.9. The van der Waals surface area contributed by atoms with Crippen LogP contribution in [-0.2, 0) is 11.2 Å². The van der Waals surface area contributed by atoms with E-state index < -0.39 is 0 Å². The Kier molecular flexibility index (Phi) is 7.38. The molecule has 0 saturated heterocycles. The Hall–Kier alpha value is -2.70. The average Bonchev–Trinajstić information content (AvgIpc) is 3.49. The highest BCUT2D eigenvalue weighted by Gasteiger charge is 2.32. The number of aromatic amines is 1. The second-order valence-electron chi connectivity index (χ2n) is 7.48. The largest absolute Gasteiger partial charge is 0.450 e. The summed E-state index contributed by atoms with van der Waals surface area (Å²) in [6.07, 6.45) is 2.83. The molecule has 29 heavy (non-hydrogen) atoms. The summed E-state index contributed by atoms with van der Waals surface area (Å²) >= 11 is 0. The SMILES string of the molecule is CCNC(=NCC(NC(=O)OCC)C1CC1)NCCc1c(C)[nH]c2ccccc12. The molecule has 1 aliphatic rings. The number of carbonyl (C=O) groups is 1. The molecule has 3 rings (SSSR count). The third kappa shape index (κ3) is 5.89. The standard InChI is InChI=1S/C22H33N5O2/c1-4-23-21(25-14-20(16-10-11-16)27-22(28)29-5-2)24-13-12-17-15(3)26-19-9-7-6-8-18(17)19/h6-9,16,20,26H,4-5,10-14H2,1-3H3,(H,27,28)(H2,23,24,25). The highest BCUT2D eigenvalue weighted by atomic mass is 16.5. The molecule has 1 heterocycles. The molecule has 0 bridgehead atoms. The molecule has 1 unspecified atom stereocenters. The fraction of sp³-hybridized carbons (Fsp3) is 0.545. The Balaban J connectivity index is 1.57. The number of nitrogens with one attached hydrogen (secondary N) is 4. The Morgan fingerprint density at radius 2 is 2.07 bits per heavy atom. The minimum Gasteiger partial charge on any atom is -0.450 e. The van der Waals surface area contributed by atoms with E-state index in [0.29, 0.717) is 19.1 Å². The maximum atomic E-state index is 11.8. The Morgan fingerprint density at radius 3 is 2.79 bits per heavy atom. The Morgan fingerprint density at radius 1 is 1.28 bits per heavy atom. The maximum absolute atomic E-state index is 11.8. The number of rotatable bonds is 9. The van der Waals surface area contributed by atoms with Crippen LogP contribution in [0, 0.1) is 12.8 Å². The van der Waals surface area contributed by atoms with Crippen molar-refractivity contribution in [1.82, 2.24) is 20.9 Å². The molecule has 1 saturated carbocycles. The smallest absolute Gasteiger partial charge is 0.407 e. The number of hydrogen-bond acceptors (Lipinski definition) is 3. The van der Waals surface area contributed by atoms with Crippen molar-refractivity contribution < 1.29 is 9.53 Å². The summed E-state index contributed by atoms with van der Waals surface area (Å²) in [6.45, 7) is 8.48. The van der Waals surface area contributed by atoms with Gasteiger partial charge in [-0.1, -0.05) is 18.2 Å². The number of amides is 1. The summed E-state index contributed by atoms with van der Waals surface area (Å²) in [7, 11) is 0. The van der Waals surface area contributed by atoms with E-state index in [2.05, 4.69) is 59.0 Å².